The van der Waals surface area contributed by atoms with Crippen LogP contribution >= 0.6 is 11.6 Å². The first-order valence-corrected chi connectivity index (χ1v) is 7.04. The van der Waals surface area contributed by atoms with E-state index in [0.717, 1.165) is 7.11 Å². The van der Waals surface area contributed by atoms with Gasteiger partial charge in [0.2, 0.25) is 0 Å². The highest BCUT2D eigenvalue weighted by atomic mass is 35.5. The molecule has 0 unspecified atom stereocenters. The molecule has 5 nitrogen and oxygen atoms in total. The third-order valence-electron chi connectivity index (χ3n) is 3.02. The zero-order valence-corrected chi connectivity index (χ0v) is 13.2. The highest BCUT2D eigenvalue weighted by Crippen LogP contribution is 2.22. The molecule has 0 saturated heterocycles. The molecule has 2 rings (SSSR count). The van der Waals surface area contributed by atoms with Crippen molar-refractivity contribution >= 4 is 29.4 Å². The molecule has 0 aromatic heterocycles. The van der Waals surface area contributed by atoms with E-state index in [2.05, 4.69) is 10.1 Å². The third kappa shape index (κ3) is 4.20. The average Bonchev–Trinajstić information content (AvgIpc) is 2.56. The van der Waals surface area contributed by atoms with Gasteiger partial charge in [0.15, 0.2) is 11.6 Å². The number of ether oxygens (including phenoxy) is 2. The van der Waals surface area contributed by atoms with E-state index in [-0.39, 0.29) is 17.9 Å². The first-order chi connectivity index (χ1) is 11.4. The number of nitrogens with one attached hydrogen (secondary N) is 1. The number of hydrogen-bond acceptors (Lipinski definition) is 4. The maximum atomic E-state index is 13.3. The first-order valence-electron chi connectivity index (χ1n) is 6.67. The van der Waals surface area contributed by atoms with Gasteiger partial charge in [-0.15, -0.1) is 0 Å². The van der Waals surface area contributed by atoms with Gasteiger partial charge in [0, 0.05) is 16.7 Å². The lowest BCUT2D eigenvalue weighted by Crippen LogP contribution is -2.17. The molecule has 0 bridgehead atoms. The zero-order valence-electron chi connectivity index (χ0n) is 12.4. The van der Waals surface area contributed by atoms with Crippen molar-refractivity contribution in [2.24, 2.45) is 0 Å². The van der Waals surface area contributed by atoms with Crippen molar-refractivity contribution in [3.63, 3.8) is 0 Å². The standard InChI is InChI=1S/C16H12ClF2NO4/c1-23-15(21)10-6-12(18)13(19)7-14(10)20-16(22)24-8-9-4-2-3-5-11(9)17/h2-7H,8H2,1H3,(H,20,22). The van der Waals surface area contributed by atoms with Gasteiger partial charge in [-0.05, 0) is 12.1 Å². The molecule has 0 atom stereocenters. The Bertz CT molecular complexity index is 783. The second-order valence-corrected chi connectivity index (χ2v) is 5.00. The van der Waals surface area contributed by atoms with Crippen LogP contribution < -0.4 is 5.32 Å². The molecule has 24 heavy (non-hydrogen) atoms. The van der Waals surface area contributed by atoms with Gasteiger partial charge in [-0.2, -0.15) is 0 Å². The Hall–Kier alpha value is -2.67. The Morgan fingerprint density at radius 3 is 2.50 bits per heavy atom. The van der Waals surface area contributed by atoms with Crippen LogP contribution in [0.3, 0.4) is 0 Å². The number of halogens is 3. The Labute approximate surface area is 141 Å². The van der Waals surface area contributed by atoms with Crippen molar-refractivity contribution in [1.82, 2.24) is 0 Å². The quantitative estimate of drug-likeness (QED) is 0.837. The summed E-state index contributed by atoms with van der Waals surface area (Å²) in [7, 11) is 1.07. The van der Waals surface area contributed by atoms with Gasteiger partial charge in [-0.1, -0.05) is 29.8 Å². The van der Waals surface area contributed by atoms with E-state index >= 15 is 0 Å². The minimum Gasteiger partial charge on any atom is -0.465 e. The van der Waals surface area contributed by atoms with Crippen molar-refractivity contribution in [1.29, 1.82) is 0 Å². The number of rotatable bonds is 4. The summed E-state index contributed by atoms with van der Waals surface area (Å²) < 4.78 is 36.0. The van der Waals surface area contributed by atoms with Gasteiger partial charge >= 0.3 is 12.1 Å². The highest BCUT2D eigenvalue weighted by Gasteiger charge is 2.19. The molecule has 0 aliphatic heterocycles. The van der Waals surface area contributed by atoms with Crippen LogP contribution in [0.2, 0.25) is 5.02 Å². The van der Waals surface area contributed by atoms with Gasteiger partial charge < -0.3 is 9.47 Å². The smallest absolute Gasteiger partial charge is 0.411 e. The summed E-state index contributed by atoms with van der Waals surface area (Å²) in [6.07, 6.45) is -0.967. The fraction of sp³-hybridized carbons (Fsp3) is 0.125. The number of carbonyl (C=O) groups is 2. The molecular weight excluding hydrogens is 344 g/mol. The van der Waals surface area contributed by atoms with E-state index in [0.29, 0.717) is 22.7 Å². The molecule has 1 N–H and O–H groups in total. The van der Waals surface area contributed by atoms with Crippen LogP contribution in [-0.2, 0) is 16.1 Å². The molecular formula is C16H12ClF2NO4. The Kier molecular flexibility index (Phi) is 5.70. The predicted octanol–water partition coefficient (Wildman–Crippen LogP) is 4.15. The number of anilines is 1. The van der Waals surface area contributed by atoms with Gasteiger partial charge in [0.1, 0.15) is 6.61 Å². The topological polar surface area (TPSA) is 64.6 Å². The van der Waals surface area contributed by atoms with E-state index in [1.807, 2.05) is 0 Å². The maximum Gasteiger partial charge on any atom is 0.411 e. The summed E-state index contributed by atoms with van der Waals surface area (Å²) in [6.45, 7) is -0.136. The first kappa shape index (κ1) is 17.7. The molecule has 2 aromatic carbocycles. The molecule has 0 aliphatic rings. The third-order valence-corrected chi connectivity index (χ3v) is 3.39. The number of carbonyl (C=O) groups excluding carboxylic acids is 2. The largest absolute Gasteiger partial charge is 0.465 e. The number of amides is 1. The number of esters is 1. The number of benzene rings is 2. The normalized spacial score (nSPS) is 10.2. The summed E-state index contributed by atoms with van der Waals surface area (Å²) in [4.78, 5) is 23.4. The van der Waals surface area contributed by atoms with Crippen molar-refractivity contribution in [2.45, 2.75) is 6.61 Å². The lowest BCUT2D eigenvalue weighted by atomic mass is 10.1. The zero-order chi connectivity index (χ0) is 17.7. The molecule has 1 amide bonds. The summed E-state index contributed by atoms with van der Waals surface area (Å²) in [5.41, 5.74) is -0.0520. The molecule has 0 aliphatic carbocycles. The van der Waals surface area contributed by atoms with E-state index < -0.39 is 23.7 Å². The Morgan fingerprint density at radius 1 is 1.17 bits per heavy atom. The van der Waals surface area contributed by atoms with Crippen LogP contribution in [0, 0.1) is 11.6 Å². The average molecular weight is 356 g/mol. The summed E-state index contributed by atoms with van der Waals surface area (Å²) in [5, 5.41) is 2.58. The summed E-state index contributed by atoms with van der Waals surface area (Å²) in [6, 6.07) is 8.02. The second kappa shape index (κ2) is 7.74. The highest BCUT2D eigenvalue weighted by molar-refractivity contribution is 6.31. The van der Waals surface area contributed by atoms with E-state index in [4.69, 9.17) is 16.3 Å². The molecule has 0 spiro atoms. The molecule has 126 valence electrons. The van der Waals surface area contributed by atoms with Crippen LogP contribution in [0.25, 0.3) is 0 Å². The Morgan fingerprint density at radius 2 is 1.83 bits per heavy atom. The molecule has 2 aromatic rings. The minimum atomic E-state index is -1.25. The molecule has 0 heterocycles. The second-order valence-electron chi connectivity index (χ2n) is 4.60. The van der Waals surface area contributed by atoms with E-state index in [9.17, 15) is 18.4 Å². The van der Waals surface area contributed by atoms with Crippen LogP contribution in [0.1, 0.15) is 15.9 Å². The van der Waals surface area contributed by atoms with Crippen molar-refractivity contribution in [3.05, 3.63) is 64.2 Å². The van der Waals surface area contributed by atoms with Crippen LogP contribution in [0.15, 0.2) is 36.4 Å². The van der Waals surface area contributed by atoms with E-state index in [1.54, 1.807) is 24.3 Å². The van der Waals surface area contributed by atoms with Crippen LogP contribution in [-0.4, -0.2) is 19.2 Å². The van der Waals surface area contributed by atoms with Crippen LogP contribution in [0.5, 0.6) is 0 Å². The van der Waals surface area contributed by atoms with E-state index in [1.165, 1.54) is 0 Å². The SMILES string of the molecule is COC(=O)c1cc(F)c(F)cc1NC(=O)OCc1ccccc1Cl. The fourth-order valence-corrected chi connectivity index (χ4v) is 2.02. The van der Waals surface area contributed by atoms with Crippen molar-refractivity contribution in [3.8, 4) is 0 Å². The lowest BCUT2D eigenvalue weighted by molar-refractivity contribution is 0.0601. The van der Waals surface area contributed by atoms with Crippen LogP contribution in [0.4, 0.5) is 19.3 Å². The molecule has 0 fully saturated rings. The monoisotopic (exact) mass is 355 g/mol. The lowest BCUT2D eigenvalue weighted by Gasteiger charge is -2.11. The van der Waals surface area contributed by atoms with Crippen molar-refractivity contribution in [2.75, 3.05) is 12.4 Å². The Balaban J connectivity index is 2.12. The molecule has 0 radical (unpaired) electrons. The van der Waals surface area contributed by atoms with Gasteiger partial charge in [0.05, 0.1) is 18.4 Å². The van der Waals surface area contributed by atoms with Gasteiger partial charge in [-0.25, -0.2) is 18.4 Å². The summed E-state index contributed by atoms with van der Waals surface area (Å²) in [5.74, 6) is -3.41. The predicted molar refractivity (Wildman–Crippen MR) is 83.0 cm³/mol. The molecule has 0 saturated carbocycles. The number of hydrogen-bond donors (Lipinski definition) is 1. The van der Waals surface area contributed by atoms with Gasteiger partial charge in [0.25, 0.3) is 0 Å². The number of methoxy groups -OCH3 is 1. The molecule has 8 heteroatoms. The maximum absolute atomic E-state index is 13.3. The minimum absolute atomic E-state index is 0.136. The fourth-order valence-electron chi connectivity index (χ4n) is 1.83. The van der Waals surface area contributed by atoms with Crippen molar-refractivity contribution < 1.29 is 27.8 Å². The van der Waals surface area contributed by atoms with Gasteiger partial charge in [-0.3, -0.25) is 5.32 Å². The summed E-state index contributed by atoms with van der Waals surface area (Å²) >= 11 is 5.93.